The Morgan fingerprint density at radius 3 is 1.86 bits per heavy atom. The average Bonchev–Trinajstić information content (AvgIpc) is 3.05. The van der Waals surface area contributed by atoms with Crippen molar-refractivity contribution in [2.75, 3.05) is 0 Å². The lowest BCUT2D eigenvalue weighted by molar-refractivity contribution is -0.136. The van der Waals surface area contributed by atoms with Crippen LogP contribution in [0.15, 0.2) is 97.1 Å². The Morgan fingerprint density at radius 2 is 1.32 bits per heavy atom. The van der Waals surface area contributed by atoms with E-state index in [-0.39, 0.29) is 41.5 Å². The Bertz CT molecular complexity index is 1630. The molecule has 0 spiro atoms. The highest BCUT2D eigenvalue weighted by molar-refractivity contribution is 5.79. The maximum Gasteiger partial charge on any atom is 0.312 e. The molecule has 1 aliphatic heterocycles. The molecule has 268 valence electrons. The van der Waals surface area contributed by atoms with E-state index in [4.69, 9.17) is 4.74 Å². The smallest absolute Gasteiger partial charge is 0.312 e. The number of aryl methyl sites for hydroxylation is 2. The van der Waals surface area contributed by atoms with Gasteiger partial charge in [-0.3, -0.25) is 9.59 Å². The van der Waals surface area contributed by atoms with Gasteiger partial charge in [-0.25, -0.2) is 0 Å². The molecule has 0 bridgehead atoms. The van der Waals surface area contributed by atoms with Crippen LogP contribution in [-0.4, -0.2) is 46.1 Å². The fraction of sp³-hybridized carbons (Fsp3) is 0.409. The van der Waals surface area contributed by atoms with Crippen molar-refractivity contribution in [2.24, 2.45) is 0 Å². The summed E-state index contributed by atoms with van der Waals surface area (Å²) >= 11 is 0. The van der Waals surface area contributed by atoms with Gasteiger partial charge in [0.2, 0.25) is 5.91 Å². The van der Waals surface area contributed by atoms with Crippen LogP contribution in [0, 0.1) is 13.8 Å². The summed E-state index contributed by atoms with van der Waals surface area (Å²) in [5.41, 5.74) is 6.40. The van der Waals surface area contributed by atoms with Crippen LogP contribution < -0.4 is 10.1 Å². The molecule has 4 aromatic rings. The molecule has 6 heteroatoms. The number of hydrogen-bond donors (Lipinski definition) is 2. The minimum atomic E-state index is -0.159. The van der Waals surface area contributed by atoms with Gasteiger partial charge in [-0.15, -0.1) is 0 Å². The van der Waals surface area contributed by atoms with Crippen molar-refractivity contribution in [3.8, 4) is 11.5 Å². The molecule has 50 heavy (non-hydrogen) atoms. The molecule has 2 unspecified atom stereocenters. The number of carbonyl (C=O) groups excluding carboxylic acids is 2. The third-order valence-corrected chi connectivity index (χ3v) is 8.54. The lowest BCUT2D eigenvalue weighted by Crippen LogP contribution is -2.42. The predicted octanol–water partition coefficient (Wildman–Crippen LogP) is 9.70. The number of esters is 1. The highest BCUT2D eigenvalue weighted by atomic mass is 16.5. The van der Waals surface area contributed by atoms with Crippen LogP contribution in [0.4, 0.5) is 0 Å². The third kappa shape index (κ3) is 11.9. The average molecular weight is 679 g/mol. The Morgan fingerprint density at radius 1 is 0.780 bits per heavy atom. The topological polar surface area (TPSA) is 78.9 Å². The summed E-state index contributed by atoms with van der Waals surface area (Å²) in [7, 11) is 0. The summed E-state index contributed by atoms with van der Waals surface area (Å²) in [5, 5.41) is 13.7. The lowest BCUT2D eigenvalue weighted by Gasteiger charge is -2.32. The Hall–Kier alpha value is -4.42. The normalized spacial score (nSPS) is 14.3. The van der Waals surface area contributed by atoms with Gasteiger partial charge in [-0.05, 0) is 64.8 Å². The number of aromatic hydroxyl groups is 1. The van der Waals surface area contributed by atoms with E-state index in [1.54, 1.807) is 6.07 Å². The van der Waals surface area contributed by atoms with E-state index in [1.165, 1.54) is 11.1 Å². The monoisotopic (exact) mass is 678 g/mol. The van der Waals surface area contributed by atoms with Crippen molar-refractivity contribution in [1.82, 2.24) is 10.2 Å². The first-order valence-electron chi connectivity index (χ1n) is 18.0. The number of fused-ring (bicyclic) bond motifs is 1. The van der Waals surface area contributed by atoms with Gasteiger partial charge in [0.15, 0.2) is 0 Å². The number of nitrogens with zero attached hydrogens (tertiary/aromatic N) is 1. The van der Waals surface area contributed by atoms with Crippen molar-refractivity contribution in [2.45, 2.75) is 118 Å². The van der Waals surface area contributed by atoms with Crippen molar-refractivity contribution in [3.63, 3.8) is 0 Å². The van der Waals surface area contributed by atoms with E-state index in [9.17, 15) is 14.7 Å². The number of benzene rings is 4. The molecule has 0 fully saturated rings. The molecular formula is C44H58N2O4. The standard InChI is InChI=1S/C22H29NO2.C16H14O2.C6H15N/c1-15(2)23(16(3)4)22(25)14-19(18-9-7-6-8-10-18)20-13-17(5)11-12-21(20)24;1-11-7-8-15-14(9-11)13(10-16(17)18-15)12-5-3-2-4-6-12;1-5(2)7-6(3)4/h6-13,15-16,19,24H,14H2,1-5H3;2-9,13H,10H2,1H3;5-7H,1-4H3. The van der Waals surface area contributed by atoms with Crippen LogP contribution in [-0.2, 0) is 9.59 Å². The first-order chi connectivity index (χ1) is 23.7. The SMILES string of the molecule is CC(C)NC(C)C.Cc1ccc(O)c(C(CC(=O)N(C(C)C)C(C)C)c2ccccc2)c1.Cc1ccc2c(c1)C(c1ccccc1)CC(=O)O2. The largest absolute Gasteiger partial charge is 0.508 e. The van der Waals surface area contributed by atoms with E-state index < -0.39 is 0 Å². The van der Waals surface area contributed by atoms with Crippen LogP contribution in [0.3, 0.4) is 0 Å². The van der Waals surface area contributed by atoms with E-state index in [2.05, 4.69) is 58.1 Å². The molecule has 0 saturated carbocycles. The summed E-state index contributed by atoms with van der Waals surface area (Å²) in [6.07, 6.45) is 0.762. The quantitative estimate of drug-likeness (QED) is 0.136. The van der Waals surface area contributed by atoms with Gasteiger partial charge in [0.05, 0.1) is 6.42 Å². The maximum absolute atomic E-state index is 13.0. The molecule has 0 aromatic heterocycles. The molecule has 1 aliphatic rings. The van der Waals surface area contributed by atoms with Gasteiger partial charge in [-0.2, -0.15) is 0 Å². The van der Waals surface area contributed by atoms with E-state index in [0.29, 0.717) is 30.7 Å². The number of phenolic OH excluding ortho intramolecular Hbond substituents is 1. The number of ether oxygens (including phenoxy) is 1. The fourth-order valence-corrected chi connectivity index (χ4v) is 6.62. The molecule has 0 aliphatic carbocycles. The first kappa shape index (κ1) is 40.0. The molecule has 4 aromatic carbocycles. The minimum Gasteiger partial charge on any atom is -0.508 e. The molecular weight excluding hydrogens is 620 g/mol. The molecule has 5 rings (SSSR count). The number of nitrogens with one attached hydrogen (secondary N) is 1. The number of hydrogen-bond acceptors (Lipinski definition) is 5. The zero-order valence-electron chi connectivity index (χ0n) is 31.7. The highest BCUT2D eigenvalue weighted by Gasteiger charge is 2.29. The van der Waals surface area contributed by atoms with Crippen molar-refractivity contribution in [1.29, 1.82) is 0 Å². The van der Waals surface area contributed by atoms with Gasteiger partial charge in [0.25, 0.3) is 0 Å². The van der Waals surface area contributed by atoms with Crippen LogP contribution >= 0.6 is 0 Å². The summed E-state index contributed by atoms with van der Waals surface area (Å²) in [6.45, 7) is 20.8. The minimum absolute atomic E-state index is 0.111. The zero-order valence-corrected chi connectivity index (χ0v) is 31.7. The van der Waals surface area contributed by atoms with E-state index in [1.807, 2.05) is 112 Å². The number of amides is 1. The molecule has 0 radical (unpaired) electrons. The van der Waals surface area contributed by atoms with Crippen LogP contribution in [0.5, 0.6) is 11.5 Å². The molecule has 6 nitrogen and oxygen atoms in total. The Kier molecular flexibility index (Phi) is 15.3. The summed E-state index contributed by atoms with van der Waals surface area (Å²) < 4.78 is 5.30. The summed E-state index contributed by atoms with van der Waals surface area (Å²) in [4.78, 5) is 26.6. The van der Waals surface area contributed by atoms with Gasteiger partial charge >= 0.3 is 5.97 Å². The van der Waals surface area contributed by atoms with Crippen molar-refractivity contribution in [3.05, 3.63) is 130 Å². The lowest BCUT2D eigenvalue weighted by atomic mass is 9.86. The van der Waals surface area contributed by atoms with Crippen LogP contribution in [0.1, 0.15) is 113 Å². The Balaban J connectivity index is 0.000000235. The first-order valence-corrected chi connectivity index (χ1v) is 18.0. The van der Waals surface area contributed by atoms with Gasteiger partial charge < -0.3 is 20.1 Å². The highest BCUT2D eigenvalue weighted by Crippen LogP contribution is 2.39. The number of phenols is 1. The Labute approximate surface area is 300 Å². The summed E-state index contributed by atoms with van der Waals surface area (Å²) in [5.74, 6) is 0.856. The molecule has 2 atom stereocenters. The third-order valence-electron chi connectivity index (χ3n) is 8.54. The second-order valence-corrected chi connectivity index (χ2v) is 14.4. The van der Waals surface area contributed by atoms with Gasteiger partial charge in [0, 0.05) is 53.6 Å². The van der Waals surface area contributed by atoms with E-state index in [0.717, 1.165) is 22.3 Å². The van der Waals surface area contributed by atoms with Crippen LogP contribution in [0.25, 0.3) is 0 Å². The fourth-order valence-electron chi connectivity index (χ4n) is 6.62. The van der Waals surface area contributed by atoms with E-state index >= 15 is 0 Å². The molecule has 2 N–H and O–H groups in total. The second-order valence-electron chi connectivity index (χ2n) is 14.4. The summed E-state index contributed by atoms with van der Waals surface area (Å²) in [6, 6.07) is 33.2. The number of rotatable bonds is 9. The molecule has 1 amide bonds. The zero-order chi connectivity index (χ0) is 37.0. The number of carbonyl (C=O) groups is 2. The van der Waals surface area contributed by atoms with Crippen LogP contribution in [0.2, 0.25) is 0 Å². The predicted molar refractivity (Wildman–Crippen MR) is 206 cm³/mol. The van der Waals surface area contributed by atoms with Gasteiger partial charge in [-0.1, -0.05) is 124 Å². The second kappa shape index (κ2) is 19.1. The van der Waals surface area contributed by atoms with Crippen molar-refractivity contribution >= 4 is 11.9 Å². The van der Waals surface area contributed by atoms with Gasteiger partial charge in [0.1, 0.15) is 11.5 Å². The van der Waals surface area contributed by atoms with Crippen molar-refractivity contribution < 1.29 is 19.4 Å². The molecule has 1 heterocycles. The maximum atomic E-state index is 13.0. The molecule has 0 saturated heterocycles.